The molecule has 0 bridgehead atoms. The van der Waals surface area contributed by atoms with Crippen LogP contribution in [0.1, 0.15) is 152 Å². The Morgan fingerprint density at radius 3 is 1.20 bits per heavy atom. The number of aromatic amines is 4. The third kappa shape index (κ3) is 20.5. The molecule has 5 aliphatic heterocycles. The highest BCUT2D eigenvalue weighted by Gasteiger charge is 2.43. The highest BCUT2D eigenvalue weighted by atomic mass is 35.5. The number of nitrogens with zero attached hydrogens (tertiary/aromatic N) is 21. The molecule has 682 valence electrons. The summed E-state index contributed by atoms with van der Waals surface area (Å²) in [5, 5.41) is 11.6. The van der Waals surface area contributed by atoms with E-state index in [1.165, 1.54) is 19.6 Å². The maximum atomic E-state index is 13.7. The molecule has 14 N–H and O–H groups in total. The van der Waals surface area contributed by atoms with E-state index in [1.807, 2.05) is 73.7 Å². The molecule has 12 aromatic rings. The van der Waals surface area contributed by atoms with E-state index in [2.05, 4.69) is 138 Å². The van der Waals surface area contributed by atoms with Crippen LogP contribution in [0, 0.1) is 54.4 Å². The van der Waals surface area contributed by atoms with E-state index in [-0.39, 0.29) is 94.2 Å². The molecular formula is C88H99Cl4N31O8. The molecule has 5 aliphatic rings. The first-order chi connectivity index (χ1) is 62.7. The number of morpholine rings is 1. The van der Waals surface area contributed by atoms with Gasteiger partial charge < -0.3 is 72.5 Å². The second-order valence-electron chi connectivity index (χ2n) is 32.1. The average molecular weight is 1860 g/mol. The first kappa shape index (κ1) is 93.5. The standard InChI is InChI=1S/C24H27ClN8O3.C24H29ClN8O2.C23H27ClN8O2.C17H16ClN7O/c1-13-9-27-17(14(2)20(13)35-3)12-33-22-19(21(25)30-24(26)31-22)16(23(33)34)8-18-28-10-15(29-18)11-32-4-6-36-7-5-32;1-12(2)7-27-9-15-10-29-18(30-15)6-16-19-21(25)31-24(26)32-22(19)33(23(16)34)11-17-14(4)20(35-5)13(3)8-28-17;1-11(2)26-8-14-9-28-17(29-14)6-15-18-20(24)30-23(25)31-21(18)32(22(15)33)10-16-13(4)19(34-5)12(3)7-27-16;1-9-6-11(23-24(9)2)8-25-15-13(14(18)21-17(19)22-15)12(16(25)26)7-10-4-3-5-20-10/h8-10H,4-7,11-12H2,1-3H3,(H,28,29)(H2,26,30,31);6,8,10,12,27H,7,9,11H2,1-5H3,(H,29,30)(H2,26,31,32);6-7,9,11,26H,8,10H2,1-5H3,(H,28,29)(H2,25,30,31);3-7,20H,8H2,1-2H3,(H2,19,21,22)/b16-8-;16-6-;15-6-;12-7-. The number of fused-ring (bicyclic) bond motifs is 4. The monoisotopic (exact) mass is 1860 g/mol. The van der Waals surface area contributed by atoms with Crippen LogP contribution in [0.3, 0.4) is 0 Å². The first-order valence-corrected chi connectivity index (χ1v) is 43.1. The molecular weight excluding hydrogens is 1760 g/mol. The van der Waals surface area contributed by atoms with Crippen molar-refractivity contribution in [1.29, 1.82) is 0 Å². The lowest BCUT2D eigenvalue weighted by atomic mass is 10.1. The molecule has 12 aromatic heterocycles. The minimum atomic E-state index is -0.296. The van der Waals surface area contributed by atoms with E-state index in [1.54, 1.807) is 93.7 Å². The van der Waals surface area contributed by atoms with Crippen LogP contribution in [0.2, 0.25) is 20.6 Å². The van der Waals surface area contributed by atoms with Gasteiger partial charge in [0.1, 0.15) is 55.3 Å². The Balaban J connectivity index is 0.000000142. The van der Waals surface area contributed by atoms with Gasteiger partial charge in [0.15, 0.2) is 23.3 Å². The van der Waals surface area contributed by atoms with E-state index >= 15 is 0 Å². The number of H-pyrrole nitrogens is 4. The van der Waals surface area contributed by atoms with Gasteiger partial charge in [-0.05, 0) is 103 Å². The highest BCUT2D eigenvalue weighted by molar-refractivity contribution is 6.44. The number of hydrogen-bond acceptors (Lipinski definition) is 30. The summed E-state index contributed by atoms with van der Waals surface area (Å²) in [6.45, 7) is 28.7. The lowest BCUT2D eigenvalue weighted by molar-refractivity contribution is -0.113. The largest absolute Gasteiger partial charge is 0.496 e. The van der Waals surface area contributed by atoms with Crippen molar-refractivity contribution < 1.29 is 38.1 Å². The molecule has 0 radical (unpaired) electrons. The SMILES string of the molecule is COc1c(C)cnc(CN2C(=O)/C(=C\c3ncc(CN4CCOCC4)[nH]3)c3c(Cl)nc(N)nc32)c1C.COc1c(C)cnc(CN2C(=O)/C(=C\c3ncc(CNC(C)C)[nH]3)c3c(Cl)nc(N)nc32)c1C.COc1c(C)cnc(CN2C(=O)/C(=C\c3ncc(CNCC(C)C)[nH]3)c3c(Cl)nc(N)nc32)c1C.Cc1cc(CN2C(=O)/C(=C\c3ccc[nH]3)c3c(Cl)nc(N)nc32)nn1C. The molecule has 43 heteroatoms. The number of nitrogen functional groups attached to an aromatic ring is 4. The molecule has 1 saturated heterocycles. The normalized spacial score (nSPS) is 15.3. The molecule has 17 rings (SSSR count). The zero-order valence-corrected chi connectivity index (χ0v) is 77.7. The van der Waals surface area contributed by atoms with Crippen LogP contribution in [0.25, 0.3) is 46.6 Å². The topological polar surface area (TPSA) is 511 Å². The Morgan fingerprint density at radius 1 is 0.481 bits per heavy atom. The predicted molar refractivity (Wildman–Crippen MR) is 502 cm³/mol. The number of halogens is 4. The van der Waals surface area contributed by atoms with Crippen LogP contribution in [0.5, 0.6) is 17.2 Å². The van der Waals surface area contributed by atoms with Crippen LogP contribution in [0.4, 0.5) is 47.1 Å². The zero-order chi connectivity index (χ0) is 93.7. The lowest BCUT2D eigenvalue weighted by Gasteiger charge is -2.25. The summed E-state index contributed by atoms with van der Waals surface area (Å²) in [6, 6.07) is 5.96. The van der Waals surface area contributed by atoms with Crippen molar-refractivity contribution in [2.24, 2.45) is 13.0 Å². The van der Waals surface area contributed by atoms with Crippen molar-refractivity contribution in [2.75, 3.05) is 96.7 Å². The van der Waals surface area contributed by atoms with E-state index < -0.39 is 0 Å². The molecule has 0 unspecified atom stereocenters. The molecule has 17 heterocycles. The van der Waals surface area contributed by atoms with Gasteiger partial charge in [0.2, 0.25) is 23.8 Å². The van der Waals surface area contributed by atoms with E-state index in [0.717, 1.165) is 124 Å². The molecule has 4 amide bonds. The Hall–Kier alpha value is -13.7. The number of hydrogen-bond donors (Lipinski definition) is 10. The second-order valence-corrected chi connectivity index (χ2v) is 33.5. The molecule has 0 aromatic carbocycles. The van der Waals surface area contributed by atoms with Gasteiger partial charge in [-0.1, -0.05) is 74.1 Å². The van der Waals surface area contributed by atoms with Crippen molar-refractivity contribution in [1.82, 2.24) is 115 Å². The zero-order valence-electron chi connectivity index (χ0n) is 74.7. The Labute approximate surface area is 773 Å². The Bertz CT molecular complexity index is 6490. The number of carbonyl (C=O) groups excluding carboxylic acids is 4. The molecule has 0 aliphatic carbocycles. The summed E-state index contributed by atoms with van der Waals surface area (Å²) in [5.74, 6) is 4.58. The average Bonchev–Trinajstić information content (AvgIpc) is 1.62. The number of ether oxygens (including phenoxy) is 4. The molecule has 131 heavy (non-hydrogen) atoms. The highest BCUT2D eigenvalue weighted by Crippen LogP contribution is 2.47. The number of methoxy groups -OCH3 is 3. The molecule has 0 atom stereocenters. The third-order valence-corrected chi connectivity index (χ3v) is 23.0. The van der Waals surface area contributed by atoms with Gasteiger partial charge in [0.05, 0.1) is 128 Å². The Morgan fingerprint density at radius 2 is 0.847 bits per heavy atom. The minimum absolute atomic E-state index is 0.0181. The number of aromatic nitrogens is 20. The molecule has 1 fully saturated rings. The van der Waals surface area contributed by atoms with Crippen molar-refractivity contribution >= 4 is 164 Å². The molecule has 39 nitrogen and oxygen atoms in total. The van der Waals surface area contributed by atoms with Crippen molar-refractivity contribution in [3.8, 4) is 17.2 Å². The number of rotatable bonds is 24. The number of pyridine rings is 3. The minimum Gasteiger partial charge on any atom is -0.496 e. The summed E-state index contributed by atoms with van der Waals surface area (Å²) >= 11 is 25.6. The summed E-state index contributed by atoms with van der Waals surface area (Å²) < 4.78 is 23.7. The fourth-order valence-electron chi connectivity index (χ4n) is 15.4. The van der Waals surface area contributed by atoms with Gasteiger partial charge in [-0.3, -0.25) is 63.3 Å². The van der Waals surface area contributed by atoms with Gasteiger partial charge in [-0.25, -0.2) is 34.9 Å². The number of aryl methyl sites for hydroxylation is 5. The first-order valence-electron chi connectivity index (χ1n) is 41.6. The number of imidazole rings is 3. The van der Waals surface area contributed by atoms with Gasteiger partial charge >= 0.3 is 0 Å². The summed E-state index contributed by atoms with van der Waals surface area (Å²) in [4.78, 5) is 135. The maximum Gasteiger partial charge on any atom is 0.260 e. The number of amides is 4. The summed E-state index contributed by atoms with van der Waals surface area (Å²) in [7, 11) is 6.69. The third-order valence-electron chi connectivity index (χ3n) is 21.9. The number of nitrogens with one attached hydrogen (secondary N) is 6. The fraction of sp³-hybridized carbons (Fsp3) is 0.330. The number of carbonyl (C=O) groups is 4. The van der Waals surface area contributed by atoms with Crippen LogP contribution in [0.15, 0.2) is 61.6 Å². The van der Waals surface area contributed by atoms with E-state index in [9.17, 15) is 19.2 Å². The van der Waals surface area contributed by atoms with Crippen molar-refractivity contribution in [2.45, 2.75) is 128 Å². The summed E-state index contributed by atoms with van der Waals surface area (Å²) in [5.41, 5.74) is 39.1. The van der Waals surface area contributed by atoms with E-state index in [4.69, 9.17) is 88.3 Å². The van der Waals surface area contributed by atoms with Crippen LogP contribution in [-0.4, -0.2) is 188 Å². The van der Waals surface area contributed by atoms with Gasteiger partial charge in [-0.2, -0.15) is 25.0 Å². The maximum absolute atomic E-state index is 13.7. The van der Waals surface area contributed by atoms with Crippen LogP contribution < -0.4 is 67.4 Å². The number of nitrogens with two attached hydrogens (primary N) is 4. The Kier molecular flexibility index (Phi) is 28.6. The van der Waals surface area contributed by atoms with Crippen LogP contribution in [-0.2, 0) is 76.8 Å². The summed E-state index contributed by atoms with van der Waals surface area (Å²) in [6.07, 6.45) is 18.9. The van der Waals surface area contributed by atoms with Crippen molar-refractivity contribution in [3.05, 3.63) is 207 Å². The second kappa shape index (κ2) is 40.1. The smallest absolute Gasteiger partial charge is 0.260 e. The van der Waals surface area contributed by atoms with Gasteiger partial charge in [0.25, 0.3) is 23.6 Å². The quantitative estimate of drug-likeness (QED) is 0.0198. The molecule has 0 saturated carbocycles. The lowest BCUT2D eigenvalue weighted by Crippen LogP contribution is -2.35. The predicted octanol–water partition coefficient (Wildman–Crippen LogP) is 10.9. The molecule has 0 spiro atoms. The van der Waals surface area contributed by atoms with Gasteiger partial charge in [0, 0.05) is 151 Å². The number of anilines is 8. The fourth-order valence-corrected chi connectivity index (χ4v) is 16.5. The van der Waals surface area contributed by atoms with E-state index in [0.29, 0.717) is 127 Å². The van der Waals surface area contributed by atoms with Crippen LogP contribution >= 0.6 is 46.4 Å². The van der Waals surface area contributed by atoms with Gasteiger partial charge in [-0.15, -0.1) is 0 Å². The van der Waals surface area contributed by atoms with Crippen molar-refractivity contribution in [3.63, 3.8) is 0 Å².